The number of aromatic nitrogens is 1. The van der Waals surface area contributed by atoms with Gasteiger partial charge < -0.3 is 5.32 Å². The number of amides is 1. The fourth-order valence-electron chi connectivity index (χ4n) is 2.01. The van der Waals surface area contributed by atoms with Crippen LogP contribution in [0, 0.1) is 0 Å². The van der Waals surface area contributed by atoms with Crippen molar-refractivity contribution in [3.63, 3.8) is 0 Å². The maximum atomic E-state index is 12.0. The molecule has 1 heterocycles. The summed E-state index contributed by atoms with van der Waals surface area (Å²) in [4.78, 5) is 16.2. The van der Waals surface area contributed by atoms with Crippen molar-refractivity contribution >= 4 is 17.2 Å². The molecule has 0 aliphatic rings. The summed E-state index contributed by atoms with van der Waals surface area (Å²) in [5.74, 6) is -0.0559. The topological polar surface area (TPSA) is 42.0 Å². The lowest BCUT2D eigenvalue weighted by molar-refractivity contribution is 0.0951. The van der Waals surface area contributed by atoms with Crippen LogP contribution in [0.2, 0.25) is 0 Å². The Balaban J connectivity index is 1.62. The predicted molar refractivity (Wildman–Crippen MR) is 85.2 cm³/mol. The molecule has 0 fully saturated rings. The van der Waals surface area contributed by atoms with E-state index in [0.717, 1.165) is 16.1 Å². The van der Waals surface area contributed by atoms with Gasteiger partial charge in [0.15, 0.2) is 0 Å². The van der Waals surface area contributed by atoms with Crippen molar-refractivity contribution in [1.29, 1.82) is 0 Å². The Hall–Kier alpha value is -2.46. The average Bonchev–Trinajstić information content (AvgIpc) is 3.08. The van der Waals surface area contributed by atoms with E-state index < -0.39 is 0 Å². The van der Waals surface area contributed by atoms with Gasteiger partial charge in [-0.25, -0.2) is 4.98 Å². The molecule has 104 valence electrons. The molecule has 2 aromatic carbocycles. The number of rotatable bonds is 4. The van der Waals surface area contributed by atoms with Crippen LogP contribution in [0.1, 0.15) is 15.9 Å². The molecule has 1 N–H and O–H groups in total. The van der Waals surface area contributed by atoms with E-state index in [0.29, 0.717) is 12.1 Å². The van der Waals surface area contributed by atoms with Crippen LogP contribution >= 0.6 is 11.3 Å². The lowest BCUT2D eigenvalue weighted by Gasteiger charge is -2.06. The largest absolute Gasteiger partial charge is 0.348 e. The first kappa shape index (κ1) is 13.5. The van der Waals surface area contributed by atoms with Crippen molar-refractivity contribution in [3.8, 4) is 10.6 Å². The summed E-state index contributed by atoms with van der Waals surface area (Å²) in [5.41, 5.74) is 2.85. The second kappa shape index (κ2) is 6.33. The number of hydrogen-bond acceptors (Lipinski definition) is 3. The maximum Gasteiger partial charge on any atom is 0.251 e. The fourth-order valence-corrected chi connectivity index (χ4v) is 2.65. The van der Waals surface area contributed by atoms with Gasteiger partial charge in [-0.05, 0) is 17.7 Å². The van der Waals surface area contributed by atoms with E-state index >= 15 is 0 Å². The summed E-state index contributed by atoms with van der Waals surface area (Å²) in [6, 6.07) is 17.3. The zero-order valence-corrected chi connectivity index (χ0v) is 12.1. The zero-order valence-electron chi connectivity index (χ0n) is 11.3. The van der Waals surface area contributed by atoms with E-state index in [-0.39, 0.29) is 5.91 Å². The molecule has 3 aromatic rings. The Labute approximate surface area is 127 Å². The Morgan fingerprint density at radius 2 is 1.81 bits per heavy atom. The SMILES string of the molecule is O=C(NCc1ccc(-c2nccs2)cc1)c1ccccc1. The molecule has 0 aliphatic carbocycles. The van der Waals surface area contributed by atoms with Gasteiger partial charge in [-0.3, -0.25) is 4.79 Å². The summed E-state index contributed by atoms with van der Waals surface area (Å²) in [7, 11) is 0. The smallest absolute Gasteiger partial charge is 0.251 e. The van der Waals surface area contributed by atoms with Gasteiger partial charge in [0.2, 0.25) is 0 Å². The normalized spacial score (nSPS) is 10.3. The molecule has 1 aromatic heterocycles. The Kier molecular flexibility index (Phi) is 4.07. The summed E-state index contributed by atoms with van der Waals surface area (Å²) in [5, 5.41) is 5.89. The number of carbonyl (C=O) groups is 1. The predicted octanol–water partition coefficient (Wildman–Crippen LogP) is 3.74. The van der Waals surface area contributed by atoms with E-state index in [1.165, 1.54) is 0 Å². The summed E-state index contributed by atoms with van der Waals surface area (Å²) < 4.78 is 0. The van der Waals surface area contributed by atoms with Gasteiger partial charge in [0.1, 0.15) is 5.01 Å². The van der Waals surface area contributed by atoms with Crippen LogP contribution < -0.4 is 5.32 Å². The Bertz CT molecular complexity index is 706. The zero-order chi connectivity index (χ0) is 14.5. The van der Waals surface area contributed by atoms with E-state index in [9.17, 15) is 4.79 Å². The van der Waals surface area contributed by atoms with Crippen molar-refractivity contribution in [2.24, 2.45) is 0 Å². The lowest BCUT2D eigenvalue weighted by Crippen LogP contribution is -2.22. The van der Waals surface area contributed by atoms with Gasteiger partial charge in [-0.15, -0.1) is 11.3 Å². The van der Waals surface area contributed by atoms with Gasteiger partial charge in [0, 0.05) is 29.2 Å². The number of nitrogens with one attached hydrogen (secondary N) is 1. The Morgan fingerprint density at radius 3 is 2.48 bits per heavy atom. The van der Waals surface area contributed by atoms with Crippen LogP contribution in [0.3, 0.4) is 0 Å². The van der Waals surface area contributed by atoms with E-state index in [2.05, 4.69) is 10.3 Å². The highest BCUT2D eigenvalue weighted by molar-refractivity contribution is 7.13. The Morgan fingerprint density at radius 1 is 1.05 bits per heavy atom. The molecule has 0 atom stereocenters. The molecule has 0 radical (unpaired) electrons. The van der Waals surface area contributed by atoms with E-state index in [4.69, 9.17) is 0 Å². The van der Waals surface area contributed by atoms with Gasteiger partial charge in [0.05, 0.1) is 0 Å². The third-order valence-corrected chi connectivity index (χ3v) is 3.94. The first-order chi connectivity index (χ1) is 10.3. The summed E-state index contributed by atoms with van der Waals surface area (Å²) >= 11 is 1.62. The molecule has 3 nitrogen and oxygen atoms in total. The summed E-state index contributed by atoms with van der Waals surface area (Å²) in [6.45, 7) is 0.520. The second-order valence-electron chi connectivity index (χ2n) is 4.58. The van der Waals surface area contributed by atoms with Crippen LogP contribution in [-0.4, -0.2) is 10.9 Å². The molecule has 1 amide bonds. The standard InChI is InChI=1S/C17H14N2OS/c20-16(14-4-2-1-3-5-14)19-12-13-6-8-15(9-7-13)17-18-10-11-21-17/h1-11H,12H2,(H,19,20). The number of hydrogen-bond donors (Lipinski definition) is 1. The van der Waals surface area contributed by atoms with Gasteiger partial charge in [-0.1, -0.05) is 42.5 Å². The molecule has 0 aliphatic heterocycles. The summed E-state index contributed by atoms with van der Waals surface area (Å²) in [6.07, 6.45) is 1.80. The highest BCUT2D eigenvalue weighted by Gasteiger charge is 2.04. The molecule has 0 saturated carbocycles. The van der Waals surface area contributed by atoms with Crippen LogP contribution in [0.25, 0.3) is 10.6 Å². The molecule has 4 heteroatoms. The molecular weight excluding hydrogens is 280 g/mol. The van der Waals surface area contributed by atoms with E-state index in [1.807, 2.05) is 47.8 Å². The minimum atomic E-state index is -0.0559. The highest BCUT2D eigenvalue weighted by atomic mass is 32.1. The molecular formula is C17H14N2OS. The average molecular weight is 294 g/mol. The van der Waals surface area contributed by atoms with Crippen molar-refractivity contribution in [2.45, 2.75) is 6.54 Å². The van der Waals surface area contributed by atoms with Crippen LogP contribution in [0.4, 0.5) is 0 Å². The van der Waals surface area contributed by atoms with Gasteiger partial charge in [0.25, 0.3) is 5.91 Å². The van der Waals surface area contributed by atoms with Gasteiger partial charge >= 0.3 is 0 Å². The molecule has 3 rings (SSSR count). The molecule has 0 spiro atoms. The fraction of sp³-hybridized carbons (Fsp3) is 0.0588. The first-order valence-electron chi connectivity index (χ1n) is 6.65. The third-order valence-electron chi connectivity index (χ3n) is 3.12. The molecule has 0 saturated heterocycles. The van der Waals surface area contributed by atoms with Crippen molar-refractivity contribution in [3.05, 3.63) is 77.3 Å². The van der Waals surface area contributed by atoms with Crippen molar-refractivity contribution in [2.75, 3.05) is 0 Å². The molecule has 21 heavy (non-hydrogen) atoms. The van der Waals surface area contributed by atoms with Gasteiger partial charge in [-0.2, -0.15) is 0 Å². The number of benzene rings is 2. The minimum absolute atomic E-state index is 0.0559. The third kappa shape index (κ3) is 3.35. The van der Waals surface area contributed by atoms with Crippen molar-refractivity contribution < 1.29 is 4.79 Å². The quantitative estimate of drug-likeness (QED) is 0.796. The van der Waals surface area contributed by atoms with E-state index in [1.54, 1.807) is 29.7 Å². The second-order valence-corrected chi connectivity index (χ2v) is 5.48. The first-order valence-corrected chi connectivity index (χ1v) is 7.53. The highest BCUT2D eigenvalue weighted by Crippen LogP contribution is 2.21. The molecule has 0 bridgehead atoms. The monoisotopic (exact) mass is 294 g/mol. The van der Waals surface area contributed by atoms with Crippen LogP contribution in [0.15, 0.2) is 66.2 Å². The van der Waals surface area contributed by atoms with Crippen LogP contribution in [0.5, 0.6) is 0 Å². The number of thiazole rings is 1. The van der Waals surface area contributed by atoms with Crippen molar-refractivity contribution in [1.82, 2.24) is 10.3 Å². The number of carbonyl (C=O) groups excluding carboxylic acids is 1. The minimum Gasteiger partial charge on any atom is -0.348 e. The molecule has 0 unspecified atom stereocenters. The number of nitrogens with zero attached hydrogens (tertiary/aromatic N) is 1. The van der Waals surface area contributed by atoms with Crippen LogP contribution in [-0.2, 0) is 6.54 Å². The maximum absolute atomic E-state index is 12.0. The lowest BCUT2D eigenvalue weighted by atomic mass is 10.1.